The molecule has 0 heterocycles. The fraction of sp³-hybridized carbons (Fsp3) is 0.312. The summed E-state index contributed by atoms with van der Waals surface area (Å²) in [7, 11) is 3.38. The van der Waals surface area contributed by atoms with Gasteiger partial charge >= 0.3 is 0 Å². The van der Waals surface area contributed by atoms with Crippen molar-refractivity contribution in [1.82, 2.24) is 0 Å². The van der Waals surface area contributed by atoms with Gasteiger partial charge in [0.1, 0.15) is 17.2 Å². The molecular formula is C32H34O3. The zero-order valence-corrected chi connectivity index (χ0v) is 21.4. The van der Waals surface area contributed by atoms with E-state index in [-0.39, 0.29) is 5.41 Å². The molecule has 4 aromatic carbocycles. The highest BCUT2D eigenvalue weighted by molar-refractivity contribution is 6.05. The van der Waals surface area contributed by atoms with Crippen molar-refractivity contribution in [3.8, 4) is 39.5 Å². The summed E-state index contributed by atoms with van der Waals surface area (Å²) in [6.45, 7) is 6.64. The minimum atomic E-state index is -0.126. The molecule has 3 nitrogen and oxygen atoms in total. The Hall–Kier alpha value is -3.46. The number of benzene rings is 4. The number of hydrogen-bond donors (Lipinski definition) is 1. The van der Waals surface area contributed by atoms with E-state index in [1.807, 2.05) is 18.2 Å². The minimum Gasteiger partial charge on any atom is -0.507 e. The van der Waals surface area contributed by atoms with Crippen molar-refractivity contribution in [2.45, 2.75) is 51.9 Å². The molecule has 1 N–H and O–H groups in total. The number of phenols is 1. The summed E-state index contributed by atoms with van der Waals surface area (Å²) in [4.78, 5) is 0. The normalized spacial score (nSPS) is 13.5. The number of rotatable bonds is 7. The van der Waals surface area contributed by atoms with Crippen LogP contribution in [-0.2, 0) is 5.41 Å². The standard InChI is InChI=1S/C32H34O3/c1-6-14-32(15-7-2)27-17-21(23-13-10-22(34-4)18-30(23)35-5)9-12-25(27)31-26-16-20(3)8-11-24(26)29(33)19-28(31)32/h8-13,16-19,33H,6-7,14-15H2,1-5H3. The minimum absolute atomic E-state index is 0.126. The van der Waals surface area contributed by atoms with Gasteiger partial charge in [0, 0.05) is 22.4 Å². The molecule has 0 fully saturated rings. The summed E-state index contributed by atoms with van der Waals surface area (Å²) in [6.07, 6.45) is 4.23. The Morgan fingerprint density at radius 1 is 0.743 bits per heavy atom. The molecular weight excluding hydrogens is 432 g/mol. The molecule has 0 aliphatic heterocycles. The first-order valence-corrected chi connectivity index (χ1v) is 12.6. The lowest BCUT2D eigenvalue weighted by Gasteiger charge is -2.32. The SMILES string of the molecule is CCCC1(CCC)c2cc(-c3ccc(OC)cc3OC)ccc2-c2c1cc(O)c1ccc(C)cc21. The third-order valence-corrected chi connectivity index (χ3v) is 7.66. The number of hydrogen-bond acceptors (Lipinski definition) is 3. The van der Waals surface area contributed by atoms with Gasteiger partial charge in [0.15, 0.2) is 0 Å². The lowest BCUT2D eigenvalue weighted by atomic mass is 9.71. The third-order valence-electron chi connectivity index (χ3n) is 7.66. The van der Waals surface area contributed by atoms with Crippen LogP contribution in [0.1, 0.15) is 56.2 Å². The van der Waals surface area contributed by atoms with Crippen LogP contribution in [-0.4, -0.2) is 19.3 Å². The predicted molar refractivity (Wildman–Crippen MR) is 145 cm³/mol. The topological polar surface area (TPSA) is 38.7 Å². The van der Waals surface area contributed by atoms with E-state index in [2.05, 4.69) is 63.2 Å². The highest BCUT2D eigenvalue weighted by atomic mass is 16.5. The van der Waals surface area contributed by atoms with E-state index < -0.39 is 0 Å². The van der Waals surface area contributed by atoms with Gasteiger partial charge in [-0.2, -0.15) is 0 Å². The van der Waals surface area contributed by atoms with E-state index in [1.54, 1.807) is 14.2 Å². The molecule has 0 spiro atoms. The lowest BCUT2D eigenvalue weighted by Crippen LogP contribution is -2.25. The maximum Gasteiger partial charge on any atom is 0.130 e. The fourth-order valence-corrected chi connectivity index (χ4v) is 6.21. The average Bonchev–Trinajstić information content (AvgIpc) is 3.12. The van der Waals surface area contributed by atoms with Crippen molar-refractivity contribution in [2.75, 3.05) is 14.2 Å². The predicted octanol–water partition coefficient (Wildman–Crippen LogP) is 8.40. The Kier molecular flexibility index (Phi) is 5.96. The van der Waals surface area contributed by atoms with E-state index in [0.29, 0.717) is 5.75 Å². The number of methoxy groups -OCH3 is 2. The molecule has 180 valence electrons. The van der Waals surface area contributed by atoms with Crippen molar-refractivity contribution in [1.29, 1.82) is 0 Å². The molecule has 0 saturated heterocycles. The number of ether oxygens (including phenoxy) is 2. The molecule has 0 unspecified atom stereocenters. The molecule has 4 aromatic rings. The lowest BCUT2D eigenvalue weighted by molar-refractivity contribution is 0.395. The smallest absolute Gasteiger partial charge is 0.130 e. The Morgan fingerprint density at radius 3 is 2.17 bits per heavy atom. The van der Waals surface area contributed by atoms with Gasteiger partial charge < -0.3 is 14.6 Å². The van der Waals surface area contributed by atoms with Crippen molar-refractivity contribution >= 4 is 10.8 Å². The van der Waals surface area contributed by atoms with Gasteiger partial charge in [-0.25, -0.2) is 0 Å². The molecule has 1 aliphatic carbocycles. The summed E-state index contributed by atoms with van der Waals surface area (Å²) in [5.41, 5.74) is 8.47. The van der Waals surface area contributed by atoms with Gasteiger partial charge in [0.05, 0.1) is 14.2 Å². The van der Waals surface area contributed by atoms with Crippen LogP contribution in [0.15, 0.2) is 60.7 Å². The quantitative estimate of drug-likeness (QED) is 0.297. The van der Waals surface area contributed by atoms with Crippen molar-refractivity contribution in [2.24, 2.45) is 0 Å². The summed E-state index contributed by atoms with van der Waals surface area (Å²) in [6, 6.07) is 21.3. The zero-order valence-electron chi connectivity index (χ0n) is 21.4. The average molecular weight is 467 g/mol. The van der Waals surface area contributed by atoms with Crippen LogP contribution in [0.3, 0.4) is 0 Å². The van der Waals surface area contributed by atoms with E-state index in [1.165, 1.54) is 27.8 Å². The van der Waals surface area contributed by atoms with Crippen LogP contribution in [0.25, 0.3) is 33.0 Å². The van der Waals surface area contributed by atoms with Crippen LogP contribution >= 0.6 is 0 Å². The molecule has 0 bridgehead atoms. The van der Waals surface area contributed by atoms with Crippen LogP contribution in [0.4, 0.5) is 0 Å². The van der Waals surface area contributed by atoms with E-state index >= 15 is 0 Å². The maximum absolute atomic E-state index is 11.1. The summed E-state index contributed by atoms with van der Waals surface area (Å²) in [5.74, 6) is 1.96. The second-order valence-corrected chi connectivity index (χ2v) is 9.78. The molecule has 0 aromatic heterocycles. The van der Waals surface area contributed by atoms with Crippen LogP contribution in [0.2, 0.25) is 0 Å². The third kappa shape index (κ3) is 3.56. The largest absolute Gasteiger partial charge is 0.507 e. The Labute approximate surface area is 208 Å². The fourth-order valence-electron chi connectivity index (χ4n) is 6.21. The second-order valence-electron chi connectivity index (χ2n) is 9.78. The summed E-state index contributed by atoms with van der Waals surface area (Å²) in [5, 5.41) is 13.2. The van der Waals surface area contributed by atoms with Crippen molar-refractivity contribution in [3.05, 3.63) is 77.4 Å². The Balaban J connectivity index is 1.82. The van der Waals surface area contributed by atoms with E-state index in [4.69, 9.17) is 9.47 Å². The highest BCUT2D eigenvalue weighted by Crippen LogP contribution is 2.58. The molecule has 35 heavy (non-hydrogen) atoms. The Bertz CT molecular complexity index is 1410. The number of fused-ring (bicyclic) bond motifs is 5. The van der Waals surface area contributed by atoms with Gasteiger partial charge in [-0.3, -0.25) is 0 Å². The van der Waals surface area contributed by atoms with Gasteiger partial charge in [0.2, 0.25) is 0 Å². The molecule has 0 saturated carbocycles. The molecule has 5 rings (SSSR count). The number of aromatic hydroxyl groups is 1. The van der Waals surface area contributed by atoms with E-state index in [9.17, 15) is 5.11 Å². The molecule has 0 atom stereocenters. The Morgan fingerprint density at radius 2 is 1.49 bits per heavy atom. The first kappa shape index (κ1) is 23.3. The molecule has 1 aliphatic rings. The second kappa shape index (κ2) is 8.96. The van der Waals surface area contributed by atoms with Gasteiger partial charge in [0.25, 0.3) is 0 Å². The number of phenolic OH excluding ortho intramolecular Hbond substituents is 1. The van der Waals surface area contributed by atoms with E-state index in [0.717, 1.165) is 59.1 Å². The molecule has 0 radical (unpaired) electrons. The molecule has 0 amide bonds. The molecule has 3 heteroatoms. The van der Waals surface area contributed by atoms with Crippen LogP contribution < -0.4 is 9.47 Å². The monoisotopic (exact) mass is 466 g/mol. The van der Waals surface area contributed by atoms with Gasteiger partial charge in [-0.1, -0.05) is 62.6 Å². The first-order chi connectivity index (χ1) is 17.0. The highest BCUT2D eigenvalue weighted by Gasteiger charge is 2.43. The summed E-state index contributed by atoms with van der Waals surface area (Å²) >= 11 is 0. The summed E-state index contributed by atoms with van der Waals surface area (Å²) < 4.78 is 11.2. The van der Waals surface area contributed by atoms with Crippen molar-refractivity contribution in [3.63, 3.8) is 0 Å². The van der Waals surface area contributed by atoms with Gasteiger partial charge in [-0.05, 0) is 77.2 Å². The maximum atomic E-state index is 11.1. The van der Waals surface area contributed by atoms with Gasteiger partial charge in [-0.15, -0.1) is 0 Å². The number of aryl methyl sites for hydroxylation is 1. The van der Waals surface area contributed by atoms with Crippen LogP contribution in [0, 0.1) is 6.92 Å². The zero-order chi connectivity index (χ0) is 24.7. The van der Waals surface area contributed by atoms with Crippen molar-refractivity contribution < 1.29 is 14.6 Å². The van der Waals surface area contributed by atoms with Crippen LogP contribution in [0.5, 0.6) is 17.2 Å². The first-order valence-electron chi connectivity index (χ1n) is 12.6.